The molecular formula is C15H23NO4S. The number of rotatable bonds is 7. The minimum Gasteiger partial charge on any atom is -0.481 e. The van der Waals surface area contributed by atoms with Crippen LogP contribution < -0.4 is 4.31 Å². The first-order valence-electron chi connectivity index (χ1n) is 6.89. The second-order valence-electron chi connectivity index (χ2n) is 6.18. The van der Waals surface area contributed by atoms with Gasteiger partial charge >= 0.3 is 5.97 Å². The Labute approximate surface area is 126 Å². The number of para-hydroxylation sites is 1. The Bertz CT molecular complexity index is 561. The van der Waals surface area contributed by atoms with Crippen molar-refractivity contribution < 1.29 is 18.3 Å². The lowest BCUT2D eigenvalue weighted by Crippen LogP contribution is -2.35. The molecule has 0 bridgehead atoms. The average Bonchev–Trinajstić information content (AvgIpc) is 2.37. The fraction of sp³-hybridized carbons (Fsp3) is 0.533. The molecule has 1 N–H and O–H groups in total. The molecule has 1 aromatic carbocycles. The minimum atomic E-state index is -3.53. The molecule has 0 radical (unpaired) electrons. The van der Waals surface area contributed by atoms with Gasteiger partial charge in [0.15, 0.2) is 0 Å². The standard InChI is InChI=1S/C15H23NO4S/c1-15(2,3)10-12-21(19,20)16(11-9-14(17)18)13-7-5-4-6-8-13/h4-8H,9-12H2,1-3H3,(H,17,18). The lowest BCUT2D eigenvalue weighted by Gasteiger charge is -2.26. The number of hydrogen-bond acceptors (Lipinski definition) is 3. The van der Waals surface area contributed by atoms with Crippen LogP contribution in [0.25, 0.3) is 0 Å². The van der Waals surface area contributed by atoms with E-state index in [9.17, 15) is 13.2 Å². The van der Waals surface area contributed by atoms with Crippen LogP contribution in [-0.4, -0.2) is 31.8 Å². The largest absolute Gasteiger partial charge is 0.481 e. The number of anilines is 1. The molecule has 0 aliphatic heterocycles. The van der Waals surface area contributed by atoms with Crippen LogP contribution in [0.5, 0.6) is 0 Å². The van der Waals surface area contributed by atoms with Crippen LogP contribution >= 0.6 is 0 Å². The van der Waals surface area contributed by atoms with Crippen LogP contribution in [0.2, 0.25) is 0 Å². The van der Waals surface area contributed by atoms with Crippen molar-refractivity contribution in [3.63, 3.8) is 0 Å². The summed E-state index contributed by atoms with van der Waals surface area (Å²) in [4.78, 5) is 10.8. The Kier molecular flexibility index (Phi) is 5.78. The number of aliphatic carboxylic acids is 1. The maximum Gasteiger partial charge on any atom is 0.305 e. The molecule has 0 heterocycles. The molecule has 21 heavy (non-hydrogen) atoms. The van der Waals surface area contributed by atoms with Crippen molar-refractivity contribution in [3.8, 4) is 0 Å². The number of carboxylic acids is 1. The van der Waals surface area contributed by atoms with E-state index < -0.39 is 16.0 Å². The van der Waals surface area contributed by atoms with Gasteiger partial charge in [0.05, 0.1) is 17.9 Å². The van der Waals surface area contributed by atoms with Gasteiger partial charge in [-0.25, -0.2) is 8.42 Å². The highest BCUT2D eigenvalue weighted by Crippen LogP contribution is 2.23. The Morgan fingerprint density at radius 2 is 1.76 bits per heavy atom. The summed E-state index contributed by atoms with van der Waals surface area (Å²) in [5.41, 5.74) is 0.412. The second-order valence-corrected chi connectivity index (χ2v) is 8.19. The third-order valence-corrected chi connectivity index (χ3v) is 4.80. The molecule has 0 aromatic heterocycles. The van der Waals surface area contributed by atoms with Gasteiger partial charge in [-0.15, -0.1) is 0 Å². The number of benzene rings is 1. The molecule has 0 saturated carbocycles. The maximum absolute atomic E-state index is 12.5. The molecule has 0 aliphatic carbocycles. The summed E-state index contributed by atoms with van der Waals surface area (Å²) >= 11 is 0. The van der Waals surface area contributed by atoms with Gasteiger partial charge in [0.2, 0.25) is 10.0 Å². The predicted octanol–water partition coefficient (Wildman–Crippen LogP) is 2.73. The van der Waals surface area contributed by atoms with Gasteiger partial charge in [-0.2, -0.15) is 0 Å². The number of sulfonamides is 1. The SMILES string of the molecule is CC(C)(C)CCS(=O)(=O)N(CCC(=O)O)c1ccccc1. The monoisotopic (exact) mass is 313 g/mol. The quantitative estimate of drug-likeness (QED) is 0.840. The second kappa shape index (κ2) is 6.93. The zero-order valence-corrected chi connectivity index (χ0v) is 13.6. The van der Waals surface area contributed by atoms with Gasteiger partial charge in [0, 0.05) is 6.54 Å². The molecule has 118 valence electrons. The third-order valence-electron chi connectivity index (χ3n) is 3.02. The topological polar surface area (TPSA) is 74.7 Å². The fourth-order valence-electron chi connectivity index (χ4n) is 1.77. The summed E-state index contributed by atoms with van der Waals surface area (Å²) in [5, 5.41) is 8.81. The van der Waals surface area contributed by atoms with Crippen molar-refractivity contribution in [2.24, 2.45) is 5.41 Å². The first-order valence-corrected chi connectivity index (χ1v) is 8.50. The summed E-state index contributed by atoms with van der Waals surface area (Å²) in [5.74, 6) is -1.01. The van der Waals surface area contributed by atoms with Crippen LogP contribution in [0.1, 0.15) is 33.6 Å². The first kappa shape index (κ1) is 17.5. The summed E-state index contributed by atoms with van der Waals surface area (Å²) in [6.45, 7) is 5.89. The van der Waals surface area contributed by atoms with Gasteiger partial charge < -0.3 is 5.11 Å². The van der Waals surface area contributed by atoms with Crippen LogP contribution in [0.15, 0.2) is 30.3 Å². The molecule has 0 fully saturated rings. The molecule has 0 atom stereocenters. The molecule has 6 heteroatoms. The fourth-order valence-corrected chi connectivity index (χ4v) is 3.67. The molecule has 0 amide bonds. The molecule has 1 rings (SSSR count). The van der Waals surface area contributed by atoms with Gasteiger partial charge in [-0.05, 0) is 24.0 Å². The van der Waals surface area contributed by atoms with Crippen molar-refractivity contribution in [2.75, 3.05) is 16.6 Å². The van der Waals surface area contributed by atoms with Crippen molar-refractivity contribution >= 4 is 21.7 Å². The number of carboxylic acid groups (broad SMARTS) is 1. The average molecular weight is 313 g/mol. The maximum atomic E-state index is 12.5. The third kappa shape index (κ3) is 6.16. The van der Waals surface area contributed by atoms with Gasteiger partial charge in [-0.3, -0.25) is 9.10 Å². The Morgan fingerprint density at radius 1 is 1.19 bits per heavy atom. The molecular weight excluding hydrogens is 290 g/mol. The highest BCUT2D eigenvalue weighted by atomic mass is 32.2. The van der Waals surface area contributed by atoms with E-state index in [1.807, 2.05) is 20.8 Å². The Balaban J connectivity index is 2.97. The summed E-state index contributed by atoms with van der Waals surface area (Å²) < 4.78 is 26.2. The van der Waals surface area contributed by atoms with E-state index in [1.54, 1.807) is 30.3 Å². The van der Waals surface area contributed by atoms with E-state index in [-0.39, 0.29) is 24.1 Å². The summed E-state index contributed by atoms with van der Waals surface area (Å²) in [6, 6.07) is 8.62. The van der Waals surface area contributed by atoms with Gasteiger partial charge in [0.25, 0.3) is 0 Å². The van der Waals surface area contributed by atoms with E-state index in [2.05, 4.69) is 0 Å². The molecule has 0 unspecified atom stereocenters. The summed E-state index contributed by atoms with van der Waals surface area (Å²) in [6.07, 6.45) is 0.301. The van der Waals surface area contributed by atoms with E-state index >= 15 is 0 Å². The summed E-state index contributed by atoms with van der Waals surface area (Å²) in [7, 11) is -3.53. The highest BCUT2D eigenvalue weighted by Gasteiger charge is 2.25. The Morgan fingerprint density at radius 3 is 2.24 bits per heavy atom. The van der Waals surface area contributed by atoms with E-state index in [4.69, 9.17) is 5.11 Å². The zero-order chi connectivity index (χ0) is 16.1. The first-order chi connectivity index (χ1) is 9.62. The van der Waals surface area contributed by atoms with Crippen molar-refractivity contribution in [2.45, 2.75) is 33.6 Å². The zero-order valence-electron chi connectivity index (χ0n) is 12.7. The molecule has 0 saturated heterocycles. The van der Waals surface area contributed by atoms with Crippen molar-refractivity contribution in [1.29, 1.82) is 0 Å². The van der Waals surface area contributed by atoms with Crippen molar-refractivity contribution in [3.05, 3.63) is 30.3 Å². The lowest BCUT2D eigenvalue weighted by molar-refractivity contribution is -0.136. The number of carbonyl (C=O) groups is 1. The smallest absolute Gasteiger partial charge is 0.305 e. The van der Waals surface area contributed by atoms with Crippen LogP contribution in [-0.2, 0) is 14.8 Å². The molecule has 1 aromatic rings. The van der Waals surface area contributed by atoms with Gasteiger partial charge in [-0.1, -0.05) is 39.0 Å². The number of nitrogens with zero attached hydrogens (tertiary/aromatic N) is 1. The lowest BCUT2D eigenvalue weighted by atomic mass is 9.94. The minimum absolute atomic E-state index is 0.00497. The normalized spacial score (nSPS) is 12.1. The van der Waals surface area contributed by atoms with Crippen LogP contribution in [0, 0.1) is 5.41 Å². The highest BCUT2D eigenvalue weighted by molar-refractivity contribution is 7.92. The van der Waals surface area contributed by atoms with Crippen molar-refractivity contribution in [1.82, 2.24) is 0 Å². The van der Waals surface area contributed by atoms with E-state index in [0.717, 1.165) is 0 Å². The Hall–Kier alpha value is -1.56. The van der Waals surface area contributed by atoms with Crippen LogP contribution in [0.3, 0.4) is 0 Å². The van der Waals surface area contributed by atoms with E-state index in [1.165, 1.54) is 4.31 Å². The van der Waals surface area contributed by atoms with Crippen LogP contribution in [0.4, 0.5) is 5.69 Å². The van der Waals surface area contributed by atoms with Gasteiger partial charge in [0.1, 0.15) is 0 Å². The van der Waals surface area contributed by atoms with E-state index in [0.29, 0.717) is 12.1 Å². The molecule has 0 spiro atoms. The predicted molar refractivity (Wildman–Crippen MR) is 83.9 cm³/mol. The number of hydrogen-bond donors (Lipinski definition) is 1. The molecule has 5 nitrogen and oxygen atoms in total. The molecule has 0 aliphatic rings.